The van der Waals surface area contributed by atoms with Gasteiger partial charge in [0, 0.05) is 19.3 Å². The van der Waals surface area contributed by atoms with E-state index in [9.17, 15) is 24.6 Å². The van der Waals surface area contributed by atoms with E-state index in [1.165, 1.54) is 24.0 Å². The highest BCUT2D eigenvalue weighted by Gasteiger charge is 2.19. The molecular weight excluding hydrogens is 441 g/mol. The lowest BCUT2D eigenvalue weighted by molar-refractivity contribution is 0.0285. The van der Waals surface area contributed by atoms with Crippen molar-refractivity contribution in [2.45, 2.75) is 19.4 Å². The van der Waals surface area contributed by atoms with E-state index in [0.29, 0.717) is 0 Å². The number of aromatic amines is 2. The van der Waals surface area contributed by atoms with E-state index in [1.807, 2.05) is 0 Å². The van der Waals surface area contributed by atoms with Crippen LogP contribution in [0.25, 0.3) is 11.2 Å². The number of nitrogens with two attached hydrogens (primary N) is 1. The Labute approximate surface area is 173 Å². The van der Waals surface area contributed by atoms with Crippen LogP contribution in [-0.2, 0) is 21.3 Å². The highest BCUT2D eigenvalue weighted by Crippen LogP contribution is 2.40. The zero-order valence-electron chi connectivity index (χ0n) is 15.4. The summed E-state index contributed by atoms with van der Waals surface area (Å²) >= 11 is 5.08. The second-order valence-electron chi connectivity index (χ2n) is 6.00. The van der Waals surface area contributed by atoms with Gasteiger partial charge in [0.25, 0.3) is 11.1 Å². The third kappa shape index (κ3) is 4.61. The number of fused-ring (bicyclic) bond motifs is 1. The highest BCUT2D eigenvalue weighted by atomic mass is 32.7. The van der Waals surface area contributed by atoms with Gasteiger partial charge in [-0.1, -0.05) is 0 Å². The fourth-order valence-corrected chi connectivity index (χ4v) is 3.63. The molecule has 3 rings (SSSR count). The third-order valence-corrected chi connectivity index (χ3v) is 5.27. The van der Waals surface area contributed by atoms with Gasteiger partial charge in [0.2, 0.25) is 5.95 Å². The molecule has 14 nitrogen and oxygen atoms in total. The number of rotatable bonds is 8. The normalized spacial score (nSPS) is 14.7. The van der Waals surface area contributed by atoms with Crippen LogP contribution in [0.15, 0.2) is 26.9 Å². The minimum atomic E-state index is -2.07. The Balaban J connectivity index is 1.70. The number of H-pyrrole nitrogens is 2. The number of aliphatic hydroxyl groups excluding tert-OH is 2. The van der Waals surface area contributed by atoms with E-state index < -0.39 is 50.1 Å². The average Bonchev–Trinajstić information content (AvgIpc) is 3.11. The van der Waals surface area contributed by atoms with E-state index in [2.05, 4.69) is 19.9 Å². The molecule has 0 radical (unpaired) electrons. The lowest BCUT2D eigenvalue weighted by atomic mass is 10.4. The fraction of sp³-hybridized carbons (Fsp3) is 0.357. The molecule has 0 amide bonds. The van der Waals surface area contributed by atoms with Gasteiger partial charge in [0.1, 0.15) is 0 Å². The molecule has 0 saturated carbocycles. The van der Waals surface area contributed by atoms with Crippen LogP contribution in [0, 0.1) is 6.92 Å². The summed E-state index contributed by atoms with van der Waals surface area (Å²) < 4.78 is 12.9. The summed E-state index contributed by atoms with van der Waals surface area (Å²) in [5, 5.41) is 19.8. The second kappa shape index (κ2) is 9.07. The summed E-state index contributed by atoms with van der Waals surface area (Å²) in [6.45, 7) is 0.493. The van der Waals surface area contributed by atoms with Crippen LogP contribution in [-0.4, -0.2) is 52.5 Å². The van der Waals surface area contributed by atoms with Crippen molar-refractivity contribution in [3.05, 3.63) is 49.3 Å². The summed E-state index contributed by atoms with van der Waals surface area (Å²) in [5.41, 5.74) is 3.88. The molecule has 0 aromatic carbocycles. The Morgan fingerprint density at radius 3 is 2.73 bits per heavy atom. The van der Waals surface area contributed by atoms with Gasteiger partial charge in [0.15, 0.2) is 23.6 Å². The number of nitrogens with zero attached hydrogens (tertiary/aromatic N) is 4. The van der Waals surface area contributed by atoms with Crippen LogP contribution in [0.3, 0.4) is 0 Å². The van der Waals surface area contributed by atoms with E-state index in [0.717, 1.165) is 4.57 Å². The number of aryl methyl sites for hydroxylation is 1. The minimum Gasteiger partial charge on any atom is -0.700 e. The maximum absolute atomic E-state index is 11.9. The number of hydrogen-bond acceptors (Lipinski definition) is 11. The van der Waals surface area contributed by atoms with Gasteiger partial charge in [-0.25, -0.2) is 9.78 Å². The van der Waals surface area contributed by atoms with E-state index in [-0.39, 0.29) is 22.7 Å². The number of imidazole rings is 1. The van der Waals surface area contributed by atoms with Crippen molar-refractivity contribution in [2.75, 3.05) is 18.9 Å². The van der Waals surface area contributed by atoms with Gasteiger partial charge in [-0.05, 0) is 6.92 Å². The number of hydrogen-bond donors (Lipinski definition) is 5. The number of anilines is 1. The van der Waals surface area contributed by atoms with E-state index >= 15 is 0 Å². The van der Waals surface area contributed by atoms with Gasteiger partial charge in [0.05, 0.1) is 19.5 Å². The van der Waals surface area contributed by atoms with Crippen LogP contribution in [0.1, 0.15) is 18.0 Å². The highest BCUT2D eigenvalue weighted by molar-refractivity contribution is 8.29. The summed E-state index contributed by atoms with van der Waals surface area (Å²) in [4.78, 5) is 47.3. The topological polar surface area (TPSA) is 203 Å². The van der Waals surface area contributed by atoms with Crippen molar-refractivity contribution in [2.24, 2.45) is 0 Å². The van der Waals surface area contributed by atoms with Crippen LogP contribution in [0.2, 0.25) is 0 Å². The van der Waals surface area contributed by atoms with Gasteiger partial charge in [-0.15, -0.1) is 0 Å². The Morgan fingerprint density at radius 2 is 2.03 bits per heavy atom. The molecule has 16 heteroatoms. The first-order valence-corrected chi connectivity index (χ1v) is 10.5. The summed E-state index contributed by atoms with van der Waals surface area (Å²) in [6, 6.07) is 0. The largest absolute Gasteiger partial charge is 0.700 e. The first kappa shape index (κ1) is 22.1. The number of aliphatic hydroxyl groups is 2. The monoisotopic (exact) mass is 458 g/mol. The van der Waals surface area contributed by atoms with E-state index in [1.54, 1.807) is 0 Å². The Kier molecular flexibility index (Phi) is 6.70. The van der Waals surface area contributed by atoms with Crippen molar-refractivity contribution in [1.82, 2.24) is 29.1 Å². The molecular formula is C14H17N7O7PS-. The molecule has 3 atom stereocenters. The average molecular weight is 458 g/mol. The lowest BCUT2D eigenvalue weighted by Gasteiger charge is -2.29. The number of aromatic nitrogens is 6. The quantitative estimate of drug-likeness (QED) is 0.191. The number of nitrogen functional groups attached to an aromatic ring is 1. The molecule has 3 heterocycles. The predicted octanol–water partition coefficient (Wildman–Crippen LogP) is -1.65. The molecule has 0 bridgehead atoms. The molecule has 3 aromatic rings. The summed E-state index contributed by atoms with van der Waals surface area (Å²) in [7, 11) is -2.07. The Bertz CT molecular complexity index is 1220. The zero-order chi connectivity index (χ0) is 22.0. The van der Waals surface area contributed by atoms with Crippen LogP contribution in [0.5, 0.6) is 0 Å². The smallest absolute Gasteiger partial charge is 0.330 e. The second-order valence-corrected chi connectivity index (χ2v) is 7.81. The van der Waals surface area contributed by atoms with Crippen molar-refractivity contribution in [1.29, 1.82) is 0 Å². The first-order valence-electron chi connectivity index (χ1n) is 8.31. The van der Waals surface area contributed by atoms with Crippen LogP contribution < -0.4 is 22.5 Å². The molecule has 0 aliphatic heterocycles. The standard InChI is InChI=1S/C14H17N7O7PS/c1-6-2-20(14(26)19-11(6)24)7(23)4-27-29(30)28-8(3-22)21-5-16-9-10(21)17-13(15)18-12(9)25/h2,5,7-8,22-23H,3-4H2,1H3,(H,19,24,26)(H3,15,17,18,25)/q-1. The first-order chi connectivity index (χ1) is 14.2. The van der Waals surface area contributed by atoms with Gasteiger partial charge >= 0.3 is 5.69 Å². The van der Waals surface area contributed by atoms with Gasteiger partial charge < -0.3 is 37.2 Å². The summed E-state index contributed by atoms with van der Waals surface area (Å²) in [6.07, 6.45) is -0.124. The van der Waals surface area contributed by atoms with Gasteiger partial charge in [-0.2, -0.15) is 4.98 Å². The molecule has 3 aromatic heterocycles. The van der Waals surface area contributed by atoms with Crippen molar-refractivity contribution >= 4 is 36.9 Å². The Hall–Kier alpha value is -2.55. The SMILES string of the molecule is Cc1cn(C(O)COP([S-])OC(CO)n2cnc3c(=O)[nH]c(N)nc32)c(=O)[nH]c1=O. The lowest BCUT2D eigenvalue weighted by Crippen LogP contribution is -2.34. The molecule has 3 unspecified atom stereocenters. The van der Waals surface area contributed by atoms with Crippen molar-refractivity contribution in [3.63, 3.8) is 0 Å². The molecule has 6 N–H and O–H groups in total. The van der Waals surface area contributed by atoms with Crippen molar-refractivity contribution in [3.8, 4) is 0 Å². The molecule has 162 valence electrons. The molecule has 0 saturated heterocycles. The van der Waals surface area contributed by atoms with Crippen LogP contribution in [0.4, 0.5) is 5.95 Å². The Morgan fingerprint density at radius 1 is 1.30 bits per heavy atom. The molecule has 30 heavy (non-hydrogen) atoms. The van der Waals surface area contributed by atoms with Crippen molar-refractivity contribution < 1.29 is 19.3 Å². The fourth-order valence-electron chi connectivity index (χ4n) is 2.47. The molecule has 0 fully saturated rings. The molecule has 0 aliphatic carbocycles. The van der Waals surface area contributed by atoms with E-state index in [4.69, 9.17) is 27.0 Å². The maximum Gasteiger partial charge on any atom is 0.330 e. The third-order valence-electron chi connectivity index (χ3n) is 3.92. The van der Waals surface area contributed by atoms with Gasteiger partial charge in [-0.3, -0.25) is 28.7 Å². The maximum atomic E-state index is 11.9. The molecule has 0 aliphatic rings. The summed E-state index contributed by atoms with van der Waals surface area (Å²) in [5.74, 6) is -0.146. The van der Waals surface area contributed by atoms with Crippen LogP contribution >= 0.6 is 7.58 Å². The zero-order valence-corrected chi connectivity index (χ0v) is 17.1. The molecule has 0 spiro atoms. The predicted molar refractivity (Wildman–Crippen MR) is 107 cm³/mol. The minimum absolute atomic E-state index is 0.0101. The number of nitrogens with one attached hydrogen (secondary N) is 2.